The lowest BCUT2D eigenvalue weighted by Crippen LogP contribution is -2.57. The summed E-state index contributed by atoms with van der Waals surface area (Å²) in [4.78, 5) is 59.6. The number of carbonyl (C=O) groups excluding carboxylic acids is 3. The molecule has 48 heavy (non-hydrogen) atoms. The van der Waals surface area contributed by atoms with E-state index in [1.807, 2.05) is 90.3 Å². The van der Waals surface area contributed by atoms with Gasteiger partial charge in [0.15, 0.2) is 0 Å². The van der Waals surface area contributed by atoms with Crippen LogP contribution < -0.4 is 16.0 Å². The van der Waals surface area contributed by atoms with Crippen LogP contribution in [0.2, 0.25) is 0 Å². The number of carboxylic acids is 1. The summed E-state index contributed by atoms with van der Waals surface area (Å²) in [5.41, 5.74) is 3.16. The highest BCUT2D eigenvalue weighted by molar-refractivity contribution is 7.17. The number of carboxylic acid groups (broad SMARTS) is 1. The molecule has 12 heteroatoms. The summed E-state index contributed by atoms with van der Waals surface area (Å²) in [6.45, 7) is 0.509. The minimum absolute atomic E-state index is 0.0245. The molecule has 0 fully saturated rings. The maximum Gasteiger partial charge on any atom is 0.326 e. The molecule has 0 unspecified atom stereocenters. The first-order chi connectivity index (χ1) is 23.4. The van der Waals surface area contributed by atoms with Crippen molar-refractivity contribution < 1.29 is 29.0 Å². The number of nitrogens with zero attached hydrogens (tertiary/aromatic N) is 1. The van der Waals surface area contributed by atoms with Crippen molar-refractivity contribution in [3.05, 3.63) is 125 Å². The van der Waals surface area contributed by atoms with Crippen molar-refractivity contribution in [2.75, 3.05) is 6.61 Å². The van der Waals surface area contributed by atoms with E-state index >= 15 is 0 Å². The van der Waals surface area contributed by atoms with E-state index < -0.39 is 35.9 Å². The Morgan fingerprint density at radius 3 is 2.10 bits per heavy atom. The Bertz CT molecular complexity index is 1800. The van der Waals surface area contributed by atoms with Gasteiger partial charge in [0.2, 0.25) is 17.7 Å². The van der Waals surface area contributed by atoms with Gasteiger partial charge in [0.25, 0.3) is 0 Å². The van der Waals surface area contributed by atoms with E-state index in [1.165, 1.54) is 12.5 Å². The molecule has 0 saturated carbocycles. The van der Waals surface area contributed by atoms with Gasteiger partial charge < -0.3 is 30.8 Å². The monoisotopic (exact) mass is 667 g/mol. The lowest BCUT2D eigenvalue weighted by atomic mass is 10.0. The fourth-order valence-corrected chi connectivity index (χ4v) is 6.21. The highest BCUT2D eigenvalue weighted by Gasteiger charge is 2.30. The van der Waals surface area contributed by atoms with Gasteiger partial charge in [0.05, 0.1) is 19.5 Å². The predicted molar refractivity (Wildman–Crippen MR) is 182 cm³/mol. The van der Waals surface area contributed by atoms with E-state index in [4.69, 9.17) is 4.74 Å². The first-order valence-corrected chi connectivity index (χ1v) is 16.4. The second-order valence-electron chi connectivity index (χ2n) is 11.3. The number of amides is 3. The Hall–Kier alpha value is -5.33. The third-order valence-electron chi connectivity index (χ3n) is 7.73. The minimum atomic E-state index is -1.27. The lowest BCUT2D eigenvalue weighted by Gasteiger charge is -2.25. The van der Waals surface area contributed by atoms with Gasteiger partial charge in [0, 0.05) is 42.3 Å². The Morgan fingerprint density at radius 1 is 0.771 bits per heavy atom. The molecule has 5 rings (SSSR count). The molecule has 0 spiro atoms. The van der Waals surface area contributed by atoms with Crippen molar-refractivity contribution in [3.8, 4) is 0 Å². The molecule has 3 atom stereocenters. The number of aromatic nitrogens is 2. The average Bonchev–Trinajstić information content (AvgIpc) is 3.77. The van der Waals surface area contributed by atoms with Crippen LogP contribution in [0.4, 0.5) is 0 Å². The van der Waals surface area contributed by atoms with Crippen LogP contribution in [-0.4, -0.2) is 63.5 Å². The number of thiophene rings is 1. The molecule has 0 saturated heterocycles. The number of ether oxygens (including phenoxy) is 1. The molecule has 2 heterocycles. The normalized spacial score (nSPS) is 12.9. The Kier molecular flexibility index (Phi) is 12.0. The molecule has 0 aliphatic heterocycles. The number of hydrogen-bond acceptors (Lipinski definition) is 7. The maximum atomic E-state index is 14.0. The Morgan fingerprint density at radius 2 is 1.42 bits per heavy atom. The number of nitrogens with one attached hydrogen (secondary N) is 4. The summed E-state index contributed by atoms with van der Waals surface area (Å²) in [5, 5.41) is 21.0. The van der Waals surface area contributed by atoms with Crippen LogP contribution in [0.25, 0.3) is 10.1 Å². The summed E-state index contributed by atoms with van der Waals surface area (Å²) in [6, 6.07) is 23.1. The number of rotatable bonds is 17. The molecule has 5 aromatic rings. The molecular formula is C36H37N5O6S. The zero-order valence-corrected chi connectivity index (χ0v) is 27.0. The van der Waals surface area contributed by atoms with Crippen LogP contribution in [0, 0.1) is 0 Å². The topological polar surface area (TPSA) is 163 Å². The molecule has 0 radical (unpaired) electrons. The highest BCUT2D eigenvalue weighted by atomic mass is 32.1. The van der Waals surface area contributed by atoms with Gasteiger partial charge in [-0.15, -0.1) is 11.3 Å². The first kappa shape index (κ1) is 34.0. The van der Waals surface area contributed by atoms with Gasteiger partial charge >= 0.3 is 5.97 Å². The highest BCUT2D eigenvalue weighted by Crippen LogP contribution is 2.26. The summed E-state index contributed by atoms with van der Waals surface area (Å²) in [7, 11) is 0. The molecule has 0 aliphatic carbocycles. The number of aliphatic carboxylic acids is 1. The molecule has 11 nitrogen and oxygen atoms in total. The second-order valence-corrected chi connectivity index (χ2v) is 12.2. The third kappa shape index (κ3) is 9.84. The van der Waals surface area contributed by atoms with Crippen LogP contribution >= 0.6 is 11.3 Å². The summed E-state index contributed by atoms with van der Waals surface area (Å²) < 4.78 is 6.73. The third-order valence-corrected chi connectivity index (χ3v) is 8.74. The van der Waals surface area contributed by atoms with Gasteiger partial charge in [-0.3, -0.25) is 14.4 Å². The molecule has 5 N–H and O–H groups in total. The minimum Gasteiger partial charge on any atom is -0.480 e. The molecular weight excluding hydrogens is 630 g/mol. The predicted octanol–water partition coefficient (Wildman–Crippen LogP) is 3.80. The van der Waals surface area contributed by atoms with E-state index in [-0.39, 0.29) is 38.2 Å². The van der Waals surface area contributed by atoms with Crippen molar-refractivity contribution in [1.82, 2.24) is 25.9 Å². The number of hydrogen-bond donors (Lipinski definition) is 5. The fraction of sp³-hybridized carbons (Fsp3) is 0.250. The molecule has 0 aliphatic rings. The molecule has 0 bridgehead atoms. The van der Waals surface area contributed by atoms with Crippen molar-refractivity contribution in [2.24, 2.45) is 0 Å². The van der Waals surface area contributed by atoms with Gasteiger partial charge in [-0.25, -0.2) is 9.78 Å². The summed E-state index contributed by atoms with van der Waals surface area (Å²) in [6.07, 6.45) is 3.20. The number of H-pyrrole nitrogens is 1. The zero-order valence-electron chi connectivity index (χ0n) is 26.1. The molecule has 2 aromatic heterocycles. The molecule has 3 amide bonds. The van der Waals surface area contributed by atoms with Gasteiger partial charge in [-0.1, -0.05) is 78.9 Å². The SMILES string of the molecule is O=C(CCOCc1ccccc1)N[C@@H](Cc1csc2ccccc12)C(=O)N[C@H](Cc1ccccc1)C(=O)N[C@@H](Cc1cnc[nH]1)C(=O)O. The van der Waals surface area contributed by atoms with Crippen molar-refractivity contribution in [3.63, 3.8) is 0 Å². The number of imidazole rings is 1. The largest absolute Gasteiger partial charge is 0.480 e. The van der Waals surface area contributed by atoms with Gasteiger partial charge in [-0.2, -0.15) is 0 Å². The second kappa shape index (κ2) is 17.0. The van der Waals surface area contributed by atoms with Crippen molar-refractivity contribution in [2.45, 2.75) is 50.4 Å². The maximum absolute atomic E-state index is 14.0. The Labute approximate surface area is 281 Å². The van der Waals surface area contributed by atoms with Crippen LogP contribution in [0.15, 0.2) is 103 Å². The lowest BCUT2D eigenvalue weighted by molar-refractivity contribution is -0.142. The average molecular weight is 668 g/mol. The Balaban J connectivity index is 1.31. The van der Waals surface area contributed by atoms with Crippen molar-refractivity contribution in [1.29, 1.82) is 0 Å². The smallest absolute Gasteiger partial charge is 0.326 e. The van der Waals surface area contributed by atoms with E-state index in [0.717, 1.165) is 26.8 Å². The zero-order chi connectivity index (χ0) is 33.7. The first-order valence-electron chi connectivity index (χ1n) is 15.6. The molecule has 248 valence electrons. The van der Waals surface area contributed by atoms with Crippen molar-refractivity contribution >= 4 is 45.1 Å². The van der Waals surface area contributed by atoms with E-state index in [0.29, 0.717) is 12.3 Å². The summed E-state index contributed by atoms with van der Waals surface area (Å²) >= 11 is 1.54. The summed E-state index contributed by atoms with van der Waals surface area (Å²) in [5.74, 6) is -2.84. The van der Waals surface area contributed by atoms with Crippen LogP contribution in [-0.2, 0) is 49.8 Å². The number of aromatic amines is 1. The van der Waals surface area contributed by atoms with Gasteiger partial charge in [-0.05, 0) is 33.5 Å². The molecule has 3 aromatic carbocycles. The van der Waals surface area contributed by atoms with E-state index in [9.17, 15) is 24.3 Å². The standard InChI is InChI=1S/C36H37N5O6S/c42-33(15-16-47-21-25-11-5-2-6-12-25)39-30(18-26-22-48-32-14-8-7-13-28(26)32)35(44)40-29(17-24-9-3-1-4-10-24)34(43)41-31(36(45)46)19-27-20-37-23-38-27/h1-14,20,22-23,29-31H,15-19,21H2,(H,37,38)(H,39,42)(H,40,44)(H,41,43)(H,45,46)/t29-,30+,31+/m1/s1. The number of carbonyl (C=O) groups is 4. The number of benzene rings is 3. The quantitative estimate of drug-likeness (QED) is 0.0943. The van der Waals surface area contributed by atoms with Gasteiger partial charge in [0.1, 0.15) is 18.1 Å². The van der Waals surface area contributed by atoms with E-state index in [2.05, 4.69) is 25.9 Å². The van der Waals surface area contributed by atoms with Crippen LogP contribution in [0.5, 0.6) is 0 Å². The van der Waals surface area contributed by atoms with E-state index in [1.54, 1.807) is 11.3 Å². The fourth-order valence-electron chi connectivity index (χ4n) is 5.24. The van der Waals surface area contributed by atoms with Crippen LogP contribution in [0.3, 0.4) is 0 Å². The number of fused-ring (bicyclic) bond motifs is 1. The van der Waals surface area contributed by atoms with Crippen LogP contribution in [0.1, 0.15) is 28.8 Å².